The maximum Gasteiger partial charge on any atom is 0.413 e. The highest BCUT2D eigenvalue weighted by atomic mass is 16.6. The van der Waals surface area contributed by atoms with E-state index in [4.69, 9.17) is 9.84 Å². The van der Waals surface area contributed by atoms with Gasteiger partial charge in [-0.3, -0.25) is 14.8 Å². The first-order chi connectivity index (χ1) is 12.8. The Bertz CT molecular complexity index is 833. The van der Waals surface area contributed by atoms with Crippen molar-refractivity contribution < 1.29 is 19.1 Å². The second-order valence-corrected chi connectivity index (χ2v) is 9.97. The summed E-state index contributed by atoms with van der Waals surface area (Å²) in [6.45, 7) is 11.4. The first-order valence-corrected chi connectivity index (χ1v) is 9.87. The van der Waals surface area contributed by atoms with Crippen molar-refractivity contribution in [3.05, 3.63) is 11.3 Å². The number of amides is 1. The third-order valence-corrected chi connectivity index (χ3v) is 6.41. The zero-order valence-corrected chi connectivity index (χ0v) is 17.9. The number of anilines is 1. The number of aromatic nitrogens is 2. The maximum absolute atomic E-state index is 12.8. The number of Topliss-reactive ketones (excluding diaryl/α,β-unsaturated/α-hetero) is 1. The van der Waals surface area contributed by atoms with Crippen LogP contribution in [0.25, 0.3) is 0 Å². The number of ketones is 1. The smallest absolute Gasteiger partial charge is 0.413 e. The van der Waals surface area contributed by atoms with Crippen molar-refractivity contribution in [2.45, 2.75) is 71.8 Å². The summed E-state index contributed by atoms with van der Waals surface area (Å²) in [4.78, 5) is 36.7. The highest BCUT2D eigenvalue weighted by Crippen LogP contribution is 2.57. The average Bonchev–Trinajstić information content (AvgIpc) is 2.87. The van der Waals surface area contributed by atoms with E-state index in [1.165, 1.54) is 0 Å². The van der Waals surface area contributed by atoms with Crippen LogP contribution < -0.4 is 5.32 Å². The summed E-state index contributed by atoms with van der Waals surface area (Å²) in [6.07, 6.45) is 2.25. The Labute approximate surface area is 166 Å². The van der Waals surface area contributed by atoms with Crippen LogP contribution in [0.2, 0.25) is 0 Å². The predicted octanol–water partition coefficient (Wildman–Crippen LogP) is 3.40. The summed E-state index contributed by atoms with van der Waals surface area (Å²) < 4.78 is 7.06. The van der Waals surface area contributed by atoms with Gasteiger partial charge in [-0.15, -0.1) is 0 Å². The molecule has 1 aromatic rings. The minimum atomic E-state index is -0.619. The van der Waals surface area contributed by atoms with Gasteiger partial charge in [0.15, 0.2) is 0 Å². The lowest BCUT2D eigenvalue weighted by Gasteiger charge is -2.53. The number of aryl methyl sites for hydroxylation is 1. The zero-order chi connectivity index (χ0) is 21.1. The summed E-state index contributed by atoms with van der Waals surface area (Å²) in [5.41, 5.74) is 0.270. The Morgan fingerprint density at radius 1 is 1.32 bits per heavy atom. The van der Waals surface area contributed by atoms with Crippen LogP contribution >= 0.6 is 0 Å². The van der Waals surface area contributed by atoms with Gasteiger partial charge in [-0.25, -0.2) is 4.79 Å². The number of hydrogen-bond donors (Lipinski definition) is 1. The van der Waals surface area contributed by atoms with E-state index in [9.17, 15) is 14.4 Å². The van der Waals surface area contributed by atoms with E-state index in [1.807, 2.05) is 34.6 Å². The van der Waals surface area contributed by atoms with Crippen molar-refractivity contribution in [1.29, 1.82) is 0 Å². The van der Waals surface area contributed by atoms with Crippen LogP contribution in [-0.4, -0.2) is 33.5 Å². The van der Waals surface area contributed by atoms with Crippen molar-refractivity contribution in [3.63, 3.8) is 0 Å². The van der Waals surface area contributed by atoms with Crippen LogP contribution in [-0.2, 0) is 33.2 Å². The van der Waals surface area contributed by atoms with E-state index in [2.05, 4.69) is 12.2 Å². The van der Waals surface area contributed by atoms with Gasteiger partial charge in [-0.1, -0.05) is 20.8 Å². The molecule has 0 bridgehead atoms. The van der Waals surface area contributed by atoms with E-state index >= 15 is 0 Å². The molecular weight excluding hydrogens is 358 g/mol. The molecule has 0 aromatic carbocycles. The lowest BCUT2D eigenvalue weighted by atomic mass is 9.49. The van der Waals surface area contributed by atoms with Crippen LogP contribution in [0.5, 0.6) is 0 Å². The van der Waals surface area contributed by atoms with Crippen molar-refractivity contribution in [2.75, 3.05) is 5.32 Å². The lowest BCUT2D eigenvalue weighted by Crippen LogP contribution is -2.56. The Hall–Kier alpha value is -2.18. The average molecular weight is 389 g/mol. The Morgan fingerprint density at radius 3 is 2.54 bits per heavy atom. The minimum Gasteiger partial charge on any atom is -0.444 e. The summed E-state index contributed by atoms with van der Waals surface area (Å²) in [5.74, 6) is 0.129. The van der Waals surface area contributed by atoms with Gasteiger partial charge in [0, 0.05) is 23.4 Å². The SMILES string of the molecule is Cn1nc2c(c1NC(=O)OC(C)(C)C)CC[C@H]1C(C)(C)C(=O)C(C=O)C[C@]21C. The molecule has 1 amide bonds. The molecule has 1 aromatic heterocycles. The molecular formula is C21H31N3O4. The topological polar surface area (TPSA) is 90.3 Å². The highest BCUT2D eigenvalue weighted by molar-refractivity contribution is 5.98. The number of nitrogens with one attached hydrogen (secondary N) is 1. The molecule has 1 fully saturated rings. The van der Waals surface area contributed by atoms with E-state index in [1.54, 1.807) is 11.7 Å². The molecule has 0 spiro atoms. The van der Waals surface area contributed by atoms with Gasteiger partial charge >= 0.3 is 6.09 Å². The third kappa shape index (κ3) is 3.14. The lowest BCUT2D eigenvalue weighted by molar-refractivity contribution is -0.145. The van der Waals surface area contributed by atoms with Crippen molar-refractivity contribution in [3.8, 4) is 0 Å². The Balaban J connectivity index is 2.01. The number of aldehydes is 1. The van der Waals surface area contributed by atoms with E-state index in [-0.39, 0.29) is 11.7 Å². The van der Waals surface area contributed by atoms with Crippen LogP contribution in [0.3, 0.4) is 0 Å². The number of hydrogen-bond acceptors (Lipinski definition) is 5. The van der Waals surface area contributed by atoms with E-state index in [0.29, 0.717) is 12.2 Å². The highest BCUT2D eigenvalue weighted by Gasteiger charge is 2.58. The van der Waals surface area contributed by atoms with Gasteiger partial charge in [0.2, 0.25) is 0 Å². The number of fused-ring (bicyclic) bond motifs is 3. The molecule has 28 heavy (non-hydrogen) atoms. The number of carbonyl (C=O) groups is 3. The normalized spacial score (nSPS) is 28.9. The van der Waals surface area contributed by atoms with Gasteiger partial charge in [0.1, 0.15) is 23.5 Å². The Morgan fingerprint density at radius 2 is 1.96 bits per heavy atom. The van der Waals surface area contributed by atoms with Crippen LogP contribution in [0.4, 0.5) is 10.6 Å². The van der Waals surface area contributed by atoms with Crippen molar-refractivity contribution in [1.82, 2.24) is 9.78 Å². The Kier molecular flexibility index (Phi) is 4.72. The molecule has 7 heteroatoms. The number of ether oxygens (including phenoxy) is 1. The third-order valence-electron chi connectivity index (χ3n) is 6.41. The molecule has 2 aliphatic rings. The molecule has 154 valence electrons. The summed E-state index contributed by atoms with van der Waals surface area (Å²) in [7, 11) is 1.79. The second-order valence-electron chi connectivity index (χ2n) is 9.97. The summed E-state index contributed by atoms with van der Waals surface area (Å²) in [6, 6.07) is 0. The minimum absolute atomic E-state index is 0.0245. The fourth-order valence-corrected chi connectivity index (χ4v) is 5.30. The fourth-order valence-electron chi connectivity index (χ4n) is 5.30. The largest absolute Gasteiger partial charge is 0.444 e. The molecule has 7 nitrogen and oxygen atoms in total. The van der Waals surface area contributed by atoms with Crippen LogP contribution in [0, 0.1) is 17.3 Å². The standard InChI is InChI=1S/C21H31N3O4/c1-19(2,3)28-18(27)22-17-13-8-9-14-20(4,5)16(26)12(11-25)10-21(14,6)15(13)23-24(17)7/h11-12,14H,8-10H2,1-7H3,(H,22,27)/t12?,14-,21-/m0/s1. The molecule has 3 atom stereocenters. The van der Waals surface area contributed by atoms with Crippen molar-refractivity contribution >= 4 is 24.0 Å². The van der Waals surface area contributed by atoms with Gasteiger partial charge in [0.05, 0.1) is 11.6 Å². The van der Waals surface area contributed by atoms with Gasteiger partial charge in [0.25, 0.3) is 0 Å². The summed E-state index contributed by atoms with van der Waals surface area (Å²) >= 11 is 0. The molecule has 2 aliphatic carbocycles. The molecule has 0 saturated heterocycles. The van der Waals surface area contributed by atoms with Gasteiger partial charge in [-0.2, -0.15) is 5.10 Å². The number of nitrogens with zero attached hydrogens (tertiary/aromatic N) is 2. The van der Waals surface area contributed by atoms with Gasteiger partial charge < -0.3 is 9.53 Å². The molecule has 3 rings (SSSR count). The maximum atomic E-state index is 12.8. The van der Waals surface area contributed by atoms with E-state index < -0.39 is 28.4 Å². The summed E-state index contributed by atoms with van der Waals surface area (Å²) in [5, 5.41) is 7.58. The molecule has 0 radical (unpaired) electrons. The monoisotopic (exact) mass is 389 g/mol. The van der Waals surface area contributed by atoms with Crippen molar-refractivity contribution in [2.24, 2.45) is 24.3 Å². The van der Waals surface area contributed by atoms with E-state index in [0.717, 1.165) is 30.4 Å². The molecule has 1 unspecified atom stereocenters. The predicted molar refractivity (Wildman–Crippen MR) is 105 cm³/mol. The quantitative estimate of drug-likeness (QED) is 0.618. The van der Waals surface area contributed by atoms with Crippen LogP contribution in [0.1, 0.15) is 65.6 Å². The number of rotatable bonds is 2. The van der Waals surface area contributed by atoms with Gasteiger partial charge in [-0.05, 0) is 46.0 Å². The first-order valence-electron chi connectivity index (χ1n) is 9.87. The molecule has 0 aliphatic heterocycles. The molecule has 1 saturated carbocycles. The molecule has 1 N–H and O–H groups in total. The second kappa shape index (κ2) is 6.42. The molecule has 1 heterocycles. The number of carbonyl (C=O) groups excluding carboxylic acids is 3. The fraction of sp³-hybridized carbons (Fsp3) is 0.714. The zero-order valence-electron chi connectivity index (χ0n) is 17.9. The first kappa shape index (κ1) is 20.6. The van der Waals surface area contributed by atoms with Crippen LogP contribution in [0.15, 0.2) is 0 Å².